The molecule has 0 aliphatic rings. The van der Waals surface area contributed by atoms with Gasteiger partial charge in [-0.2, -0.15) is 0 Å². The number of rotatable bonds is 80. The number of nitrogen functional groups attached to an aromatic ring is 1. The Bertz CT molecular complexity index is 4560. The Morgan fingerprint density at radius 2 is 0.779 bits per heavy atom. The highest BCUT2D eigenvalue weighted by Gasteiger charge is 2.38. The Hall–Kier alpha value is -13.2. The smallest absolute Gasteiger partial charge is 0.326 e. The quantitative estimate of drug-likeness (QED) is 0.00961. The van der Waals surface area contributed by atoms with Gasteiger partial charge in [-0.15, -0.1) is 0 Å². The van der Waals surface area contributed by atoms with Gasteiger partial charge in [-0.3, -0.25) is 102 Å². The van der Waals surface area contributed by atoms with Crippen LogP contribution in [0, 0.1) is 16.7 Å². The fraction of sp³-hybridized carbons (Fsp3) is 0.679. The van der Waals surface area contributed by atoms with Gasteiger partial charge < -0.3 is 177 Å². The lowest BCUT2D eigenvalue weighted by Gasteiger charge is -2.27. The Morgan fingerprint density at radius 3 is 1.23 bits per heavy atom. The number of aromatic nitrogens is 4. The molecule has 816 valence electrons. The van der Waals surface area contributed by atoms with Crippen molar-refractivity contribution in [3.63, 3.8) is 0 Å². The van der Waals surface area contributed by atoms with Crippen LogP contribution in [0.25, 0.3) is 11.2 Å². The molecule has 2 aromatic rings. The van der Waals surface area contributed by atoms with Crippen molar-refractivity contribution in [3.8, 4) is 0 Å². The molecule has 0 spiro atoms. The van der Waals surface area contributed by atoms with Gasteiger partial charge in [0.1, 0.15) is 91.1 Å². The number of Topliss-reactive ketones (excluding diaryl/α,β-unsaturated/α-hetero) is 1. The van der Waals surface area contributed by atoms with E-state index in [1.807, 2.05) is 5.32 Å². The number of guanidine groups is 2. The lowest BCUT2D eigenvalue weighted by molar-refractivity contribution is -0.147. The highest BCUT2D eigenvalue weighted by Crippen LogP contribution is 2.24. The predicted octanol–water partition coefficient (Wildman–Crippen LogP) is -11.9. The number of unbranched alkanes of at least 4 members (excludes halogenated alkanes) is 5. The number of aliphatic hydroxyl groups excluding tert-OH is 1. The summed E-state index contributed by atoms with van der Waals surface area (Å²) in [6.07, 6.45) is 1.67. The monoisotopic (exact) mass is 2100 g/mol. The van der Waals surface area contributed by atoms with Crippen LogP contribution in [0.15, 0.2) is 12.7 Å². The molecule has 0 saturated carbocycles. The number of imidazole rings is 1. The average molecular weight is 2100 g/mol. The van der Waals surface area contributed by atoms with Crippen LogP contribution >= 0.6 is 21.6 Å². The van der Waals surface area contributed by atoms with Crippen LogP contribution in [0.2, 0.25) is 0 Å². The van der Waals surface area contributed by atoms with Gasteiger partial charge in [-0.1, -0.05) is 41.9 Å². The van der Waals surface area contributed by atoms with Crippen LogP contribution in [-0.2, 0) is 102 Å². The number of aliphatic hydroxyl groups is 1. The Kier molecular flexibility index (Phi) is 63.6. The maximum absolute atomic E-state index is 15.0. The summed E-state index contributed by atoms with van der Waals surface area (Å²) in [7, 11) is 1.53. The summed E-state index contributed by atoms with van der Waals surface area (Å²) < 4.78 is 1.37. The van der Waals surface area contributed by atoms with Crippen LogP contribution in [0.1, 0.15) is 162 Å². The summed E-state index contributed by atoms with van der Waals surface area (Å²) in [4.78, 5) is 286. The first-order valence-electron chi connectivity index (χ1n) is 47.3. The fourth-order valence-corrected chi connectivity index (χ4v) is 16.1. The molecule has 145 heavy (non-hydrogen) atoms. The molecule has 0 bridgehead atoms. The molecule has 43 N–H and O–H groups in total. The van der Waals surface area contributed by atoms with E-state index in [1.165, 1.54) is 31.7 Å². The number of anilines is 1. The van der Waals surface area contributed by atoms with E-state index >= 15 is 4.79 Å². The Morgan fingerprint density at radius 1 is 0.400 bits per heavy atom. The second-order valence-electron chi connectivity index (χ2n) is 33.8. The largest absolute Gasteiger partial charge is 0.481 e. The molecule has 0 aliphatic heterocycles. The van der Waals surface area contributed by atoms with Crippen LogP contribution in [0.5, 0.6) is 0 Å². The molecule has 0 aromatic carbocycles. The summed E-state index contributed by atoms with van der Waals surface area (Å²) in [5, 5.41) is 109. The number of carboxylic acid groups (broad SMARTS) is 4. The summed E-state index contributed by atoms with van der Waals surface area (Å²) in [6, 6.07) is -18.7. The number of carboxylic acids is 4. The molecule has 15 amide bonds. The van der Waals surface area contributed by atoms with E-state index in [9.17, 15) is 117 Å². The lowest BCUT2D eigenvalue weighted by atomic mass is 10.0. The number of fused-ring (bicyclic) bond motifs is 1. The number of nitrogens with zero attached hydrogens (tertiary/aromatic N) is 5. The number of nitrogens with one attached hydrogen (secondary N) is 20. The maximum Gasteiger partial charge on any atom is 0.326 e. The molecule has 1 unspecified atom stereocenters. The van der Waals surface area contributed by atoms with Crippen LogP contribution in [0.3, 0.4) is 0 Å². The first-order valence-corrected chi connectivity index (χ1v) is 49.8. The third-order valence-corrected chi connectivity index (χ3v) is 23.8. The van der Waals surface area contributed by atoms with Gasteiger partial charge in [0.05, 0.1) is 58.1 Å². The zero-order valence-electron chi connectivity index (χ0n) is 81.7. The molecule has 61 heteroatoms. The van der Waals surface area contributed by atoms with Crippen molar-refractivity contribution in [2.24, 2.45) is 51.8 Å². The minimum absolute atomic E-state index is 0.0208. The molecular formula is C84H148N34O25S2. The molecule has 0 saturated heterocycles. The van der Waals surface area contributed by atoms with E-state index in [0.717, 1.165) is 32.8 Å². The molecular weight excluding hydrogens is 1950 g/mol. The van der Waals surface area contributed by atoms with Crippen LogP contribution in [0.4, 0.5) is 5.82 Å². The molecule has 0 aliphatic carbocycles. The van der Waals surface area contributed by atoms with E-state index < -0.39 is 285 Å². The number of amides is 15. The number of hydrogen-bond donors (Lipinski definition) is 34. The molecule has 0 fully saturated rings. The highest BCUT2D eigenvalue weighted by molar-refractivity contribution is 8.76. The molecule has 2 aromatic heterocycles. The van der Waals surface area contributed by atoms with Gasteiger partial charge in [0, 0.05) is 44.1 Å². The van der Waals surface area contributed by atoms with Gasteiger partial charge in [-0.25, -0.2) is 24.5 Å². The van der Waals surface area contributed by atoms with Crippen molar-refractivity contribution in [2.75, 3.05) is 115 Å². The first-order chi connectivity index (χ1) is 68.8. The minimum Gasteiger partial charge on any atom is -0.481 e. The number of ketones is 1. The van der Waals surface area contributed by atoms with Gasteiger partial charge in [0.2, 0.25) is 88.6 Å². The molecule has 59 nitrogen and oxygen atoms in total. The second kappa shape index (κ2) is 72.1. The summed E-state index contributed by atoms with van der Waals surface area (Å²) in [5.41, 5.74) is 51.9. The van der Waals surface area contributed by atoms with Gasteiger partial charge >= 0.3 is 23.9 Å². The maximum atomic E-state index is 15.0. The van der Waals surface area contributed by atoms with E-state index in [-0.39, 0.29) is 153 Å². The van der Waals surface area contributed by atoms with Gasteiger partial charge in [0.15, 0.2) is 29.2 Å². The van der Waals surface area contributed by atoms with Gasteiger partial charge in [0.25, 0.3) is 0 Å². The van der Waals surface area contributed by atoms with Crippen LogP contribution < -0.4 is 147 Å². The number of carbonyl (C=O) groups excluding carboxylic acids is 16. The molecule has 0 radical (unpaired) electrons. The summed E-state index contributed by atoms with van der Waals surface area (Å²) in [5.74, 6) is -24.6. The minimum atomic E-state index is -1.97. The highest BCUT2D eigenvalue weighted by atomic mass is 33.1. The molecule has 2 heterocycles. The zero-order chi connectivity index (χ0) is 109. The van der Waals surface area contributed by atoms with E-state index in [4.69, 9.17) is 62.4 Å². The van der Waals surface area contributed by atoms with Crippen molar-refractivity contribution in [1.82, 2.24) is 120 Å². The normalized spacial score (nSPS) is 13.8. The SMILES string of the molecule is CC(O)N[C@@H](CCCCN)C(=O)N[C@@H](CCCCN)C(=O)N[C@@H](CSSC[C@H](NC(=O)CNCC(=O)CN(CCN)C(=O)Cn1cnc2c(N)ncnc21)C(=O)N[C@@H](CCCNC(=N)N)C(=O)NCC(=O)N[C@@H](CCCNC(=N)N)C(=O)N[C@@H](CCC(=O)O)C(=O)N[C@H](C(=O)N[C@@H](CC(=O)O)C(=O)O)C(C)C)C(=O)NCC(=O)NCC(=O)N[C@@H](CCCCN)C(=O)N[C@@H](CCCCN)C(=O)N[C@@H](CCCCN)C(=O)O. The average Bonchev–Trinajstić information content (AvgIpc) is 1.66. The van der Waals surface area contributed by atoms with E-state index in [0.29, 0.717) is 51.4 Å². The Balaban J connectivity index is 2.80. The lowest BCUT2D eigenvalue weighted by Crippen LogP contribution is -2.59. The van der Waals surface area contributed by atoms with Crippen molar-refractivity contribution in [2.45, 2.75) is 247 Å². The predicted molar refractivity (Wildman–Crippen MR) is 529 cm³/mol. The van der Waals surface area contributed by atoms with Crippen molar-refractivity contribution in [3.05, 3.63) is 12.7 Å². The topological polar surface area (TPSA) is 988 Å². The van der Waals surface area contributed by atoms with Gasteiger partial charge in [-0.05, 0) is 168 Å². The zero-order valence-corrected chi connectivity index (χ0v) is 83.3. The number of carbonyl (C=O) groups is 20. The number of aliphatic carboxylic acids is 4. The Labute approximate surface area is 844 Å². The first kappa shape index (κ1) is 128. The second-order valence-corrected chi connectivity index (χ2v) is 36.4. The van der Waals surface area contributed by atoms with E-state index in [1.54, 1.807) is 0 Å². The third-order valence-electron chi connectivity index (χ3n) is 21.4. The summed E-state index contributed by atoms with van der Waals surface area (Å²) in [6.45, 7) is -0.110. The molecule has 13 atom stereocenters. The van der Waals surface area contributed by atoms with Crippen molar-refractivity contribution < 1.29 is 121 Å². The van der Waals surface area contributed by atoms with Crippen LogP contribution in [-0.4, -0.2) is 369 Å². The third kappa shape index (κ3) is 53.8. The van der Waals surface area contributed by atoms with Crippen molar-refractivity contribution in [1.29, 1.82) is 10.8 Å². The number of nitrogens with two attached hydrogens (primary N) is 9. The standard InChI is InChI=1S/C84H148N34O25S2/c1-46(2)67(80(139)114-57(82(142)143)34-66(128)129)116-78(137)55(23-24-65(126)127)112-75(134)52(22-15-32-98-84(94)95)107-63(124)39-101-71(130)49(21-14-31-97-83(92)93)109-79(138)59(108-61(122)36-96-35-48(120)40-117(33-30-90)64(125)41-118-45-104-68-69(91)102-44-103-70(68)118)43-145-144-42-58(115-77(136)54(19-7-12-28-88)110-73(132)50(105-47(3)119)16-4-9-25-85)72(131)100-37-60(121)99-38-62(123)106-51(17-5-10-26-86)74(133)111-53(18-6-11-27-87)76(135)113-56(81(140)141)20-8-13-29-89/h44-47,49-59,67,96,105,119H,4-43,85-90H2,1-3H3,(H,99,121)(H,100,131)(H,101,130)(H,106,123)(H,107,124)(H,108,122)(H,109,138)(H,110,132)(H,111,133)(H,112,134)(H,113,135)(H,114,139)(H,115,136)(H,116,137)(H,126,127)(H,128,129)(H,140,141)(H,142,143)(H2,91,102,103)(H4,92,93,97)(H4,94,95,98)/t47?,49-,50-,51-,52-,53-,54-,55-,56-,57-,58-,59-,67-/m0/s1. The number of hydrogen-bond acceptors (Lipinski definition) is 37. The fourth-order valence-electron chi connectivity index (χ4n) is 13.7. The molecule has 2 rings (SSSR count). The summed E-state index contributed by atoms with van der Waals surface area (Å²) >= 11 is 0. The van der Waals surface area contributed by atoms with E-state index in [2.05, 4.69) is 105 Å². The van der Waals surface area contributed by atoms with Crippen molar-refractivity contribution >= 4 is 169 Å².